The van der Waals surface area contributed by atoms with Crippen molar-refractivity contribution in [2.75, 3.05) is 13.2 Å². The number of ether oxygens (including phenoxy) is 1. The Morgan fingerprint density at radius 3 is 1.01 bits per heavy atom. The molecule has 0 saturated carbocycles. The predicted molar refractivity (Wildman–Crippen MR) is 306 cm³/mol. The Bertz CT molecular complexity index is 1090. The summed E-state index contributed by atoms with van der Waals surface area (Å²) >= 11 is 0. The Kier molecular flexibility index (Phi) is 58.5. The lowest BCUT2D eigenvalue weighted by Crippen LogP contribution is -2.45. The van der Waals surface area contributed by atoms with Crippen molar-refractivity contribution in [3.63, 3.8) is 0 Å². The summed E-state index contributed by atoms with van der Waals surface area (Å²) in [6.07, 6.45) is 73.6. The standard InChI is InChI=1S/C64H123NO5/c1-3-5-7-9-11-13-15-17-29-32-36-40-44-48-52-56-62(67)61(60-66)65-63(68)57-53-49-45-41-37-33-30-27-25-23-21-19-20-22-24-26-28-31-35-39-43-47-51-55-59-70-64(69)58-54-50-46-42-38-34-18-16-14-12-10-8-6-4-2/h21,23,52,56,61-62,66-67H,3-20,22,24-51,53-55,57-60H2,1-2H3,(H,65,68)/b23-21-,56-52+. The minimum absolute atomic E-state index is 0.0146. The van der Waals surface area contributed by atoms with E-state index in [0.29, 0.717) is 19.4 Å². The quantitative estimate of drug-likeness (QED) is 0.0321. The Hall–Kier alpha value is -1.66. The smallest absolute Gasteiger partial charge is 0.305 e. The molecule has 0 aromatic rings. The van der Waals surface area contributed by atoms with Crippen LogP contribution in [0.5, 0.6) is 0 Å². The van der Waals surface area contributed by atoms with E-state index in [1.54, 1.807) is 6.08 Å². The molecule has 2 atom stereocenters. The van der Waals surface area contributed by atoms with E-state index in [1.807, 2.05) is 6.08 Å². The third-order valence-electron chi connectivity index (χ3n) is 14.7. The van der Waals surface area contributed by atoms with Gasteiger partial charge in [0.05, 0.1) is 25.4 Å². The van der Waals surface area contributed by atoms with Gasteiger partial charge < -0.3 is 20.3 Å². The summed E-state index contributed by atoms with van der Waals surface area (Å²) in [4.78, 5) is 24.5. The highest BCUT2D eigenvalue weighted by atomic mass is 16.5. The number of esters is 1. The van der Waals surface area contributed by atoms with E-state index >= 15 is 0 Å². The molecule has 0 radical (unpaired) electrons. The molecule has 0 saturated heterocycles. The Morgan fingerprint density at radius 1 is 0.386 bits per heavy atom. The molecule has 0 aromatic carbocycles. The van der Waals surface area contributed by atoms with E-state index in [1.165, 1.54) is 283 Å². The summed E-state index contributed by atoms with van der Waals surface area (Å²) in [6.45, 7) is 4.92. The van der Waals surface area contributed by atoms with E-state index in [4.69, 9.17) is 4.74 Å². The number of carbonyl (C=O) groups is 2. The maximum absolute atomic E-state index is 12.5. The number of carbonyl (C=O) groups excluding carboxylic acids is 2. The van der Waals surface area contributed by atoms with Crippen LogP contribution >= 0.6 is 0 Å². The summed E-state index contributed by atoms with van der Waals surface area (Å²) < 4.78 is 5.49. The van der Waals surface area contributed by atoms with Gasteiger partial charge in [-0.3, -0.25) is 9.59 Å². The SMILES string of the molecule is CCCCCCCCCCCCCCC/C=C/C(O)C(CO)NC(=O)CCCCCCCCCC/C=C\CCCCCCCCCCCCCCOC(=O)CCCCCCCCCCCCCCCC. The van der Waals surface area contributed by atoms with Crippen molar-refractivity contribution in [2.45, 2.75) is 360 Å². The van der Waals surface area contributed by atoms with Crippen LogP contribution in [0.15, 0.2) is 24.3 Å². The first-order valence-corrected chi connectivity index (χ1v) is 31.6. The van der Waals surface area contributed by atoms with Crippen LogP contribution in [0.3, 0.4) is 0 Å². The number of allylic oxidation sites excluding steroid dienone is 3. The lowest BCUT2D eigenvalue weighted by molar-refractivity contribution is -0.143. The molecule has 6 heteroatoms. The van der Waals surface area contributed by atoms with Gasteiger partial charge in [0, 0.05) is 12.8 Å². The molecular weight excluding hydrogens is 863 g/mol. The lowest BCUT2D eigenvalue weighted by Gasteiger charge is -2.20. The molecule has 0 heterocycles. The highest BCUT2D eigenvalue weighted by Crippen LogP contribution is 2.17. The first kappa shape index (κ1) is 68.3. The van der Waals surface area contributed by atoms with Crippen LogP contribution in [0.2, 0.25) is 0 Å². The van der Waals surface area contributed by atoms with Crippen LogP contribution < -0.4 is 5.32 Å². The van der Waals surface area contributed by atoms with Gasteiger partial charge in [-0.05, 0) is 57.8 Å². The lowest BCUT2D eigenvalue weighted by atomic mass is 10.0. The van der Waals surface area contributed by atoms with Crippen molar-refractivity contribution in [3.8, 4) is 0 Å². The molecule has 0 aliphatic carbocycles. The molecule has 414 valence electrons. The highest BCUT2D eigenvalue weighted by molar-refractivity contribution is 5.76. The molecule has 0 aliphatic heterocycles. The average Bonchev–Trinajstić information content (AvgIpc) is 3.36. The molecule has 0 fully saturated rings. The monoisotopic (exact) mass is 986 g/mol. The summed E-state index contributed by atoms with van der Waals surface area (Å²) in [6, 6.07) is -0.630. The van der Waals surface area contributed by atoms with E-state index in [0.717, 1.165) is 38.5 Å². The van der Waals surface area contributed by atoms with Gasteiger partial charge in [-0.1, -0.05) is 301 Å². The fourth-order valence-corrected chi connectivity index (χ4v) is 9.87. The van der Waals surface area contributed by atoms with Crippen LogP contribution in [0, 0.1) is 0 Å². The zero-order valence-electron chi connectivity index (χ0n) is 47.3. The number of aliphatic hydroxyl groups is 2. The number of aliphatic hydroxyl groups excluding tert-OH is 2. The van der Waals surface area contributed by atoms with Gasteiger partial charge in [0.1, 0.15) is 0 Å². The second kappa shape index (κ2) is 59.9. The molecule has 0 spiro atoms. The zero-order valence-corrected chi connectivity index (χ0v) is 47.3. The molecule has 6 nitrogen and oxygen atoms in total. The summed E-state index contributed by atoms with van der Waals surface area (Å²) in [5.74, 6) is -0.0562. The van der Waals surface area contributed by atoms with E-state index in [-0.39, 0.29) is 18.5 Å². The minimum atomic E-state index is -0.847. The zero-order chi connectivity index (χ0) is 50.7. The van der Waals surface area contributed by atoms with Gasteiger partial charge in [0.15, 0.2) is 0 Å². The van der Waals surface area contributed by atoms with Crippen LogP contribution in [0.25, 0.3) is 0 Å². The first-order valence-electron chi connectivity index (χ1n) is 31.6. The maximum atomic E-state index is 12.5. The molecule has 0 rings (SSSR count). The number of nitrogens with one attached hydrogen (secondary N) is 1. The normalized spacial score (nSPS) is 12.7. The van der Waals surface area contributed by atoms with Crippen LogP contribution in [0.1, 0.15) is 348 Å². The van der Waals surface area contributed by atoms with Crippen molar-refractivity contribution < 1.29 is 24.5 Å². The molecule has 70 heavy (non-hydrogen) atoms. The fourth-order valence-electron chi connectivity index (χ4n) is 9.87. The van der Waals surface area contributed by atoms with E-state index in [2.05, 4.69) is 31.3 Å². The van der Waals surface area contributed by atoms with E-state index < -0.39 is 12.1 Å². The highest BCUT2D eigenvalue weighted by Gasteiger charge is 2.18. The van der Waals surface area contributed by atoms with Crippen molar-refractivity contribution in [2.24, 2.45) is 0 Å². The van der Waals surface area contributed by atoms with Gasteiger partial charge in [-0.15, -0.1) is 0 Å². The van der Waals surface area contributed by atoms with Crippen LogP contribution in [-0.4, -0.2) is 47.4 Å². The Morgan fingerprint density at radius 2 is 0.671 bits per heavy atom. The summed E-state index contributed by atoms with van der Waals surface area (Å²) in [5, 5.41) is 23.1. The molecule has 0 aromatic heterocycles. The Balaban J connectivity index is 3.41. The van der Waals surface area contributed by atoms with Crippen LogP contribution in [0.4, 0.5) is 0 Å². The fraction of sp³-hybridized carbons (Fsp3) is 0.906. The number of hydrogen-bond donors (Lipinski definition) is 3. The largest absolute Gasteiger partial charge is 0.466 e. The molecular formula is C64H123NO5. The molecule has 0 aliphatic rings. The molecule has 0 bridgehead atoms. The van der Waals surface area contributed by atoms with Crippen molar-refractivity contribution in [3.05, 3.63) is 24.3 Å². The number of unbranched alkanes of at least 4 members (excludes halogenated alkanes) is 46. The average molecular weight is 987 g/mol. The van der Waals surface area contributed by atoms with E-state index in [9.17, 15) is 19.8 Å². The third kappa shape index (κ3) is 55.7. The molecule has 1 amide bonds. The summed E-state index contributed by atoms with van der Waals surface area (Å²) in [5.41, 5.74) is 0. The van der Waals surface area contributed by atoms with Crippen molar-refractivity contribution in [1.82, 2.24) is 5.32 Å². The summed E-state index contributed by atoms with van der Waals surface area (Å²) in [7, 11) is 0. The number of amides is 1. The predicted octanol–water partition coefficient (Wildman–Crippen LogP) is 19.8. The van der Waals surface area contributed by atoms with Crippen molar-refractivity contribution in [1.29, 1.82) is 0 Å². The van der Waals surface area contributed by atoms with Gasteiger partial charge in [0.25, 0.3) is 0 Å². The number of rotatable bonds is 59. The molecule has 2 unspecified atom stereocenters. The second-order valence-electron chi connectivity index (χ2n) is 21.7. The number of hydrogen-bond acceptors (Lipinski definition) is 5. The maximum Gasteiger partial charge on any atom is 0.305 e. The topological polar surface area (TPSA) is 95.9 Å². The van der Waals surface area contributed by atoms with Gasteiger partial charge in [-0.2, -0.15) is 0 Å². The molecule has 3 N–H and O–H groups in total. The van der Waals surface area contributed by atoms with Gasteiger partial charge in [0.2, 0.25) is 5.91 Å². The second-order valence-corrected chi connectivity index (χ2v) is 21.7. The first-order chi connectivity index (χ1) is 34.5. The van der Waals surface area contributed by atoms with Gasteiger partial charge >= 0.3 is 5.97 Å². The Labute approximate surface area is 437 Å². The van der Waals surface area contributed by atoms with Crippen LogP contribution in [-0.2, 0) is 14.3 Å². The van der Waals surface area contributed by atoms with Crippen molar-refractivity contribution >= 4 is 11.9 Å². The third-order valence-corrected chi connectivity index (χ3v) is 14.7. The van der Waals surface area contributed by atoms with Gasteiger partial charge in [-0.25, -0.2) is 0 Å². The minimum Gasteiger partial charge on any atom is -0.466 e.